The Balaban J connectivity index is 1.70. The summed E-state index contributed by atoms with van der Waals surface area (Å²) >= 11 is 12.2. The van der Waals surface area contributed by atoms with Crippen molar-refractivity contribution in [2.75, 3.05) is 25.5 Å². The summed E-state index contributed by atoms with van der Waals surface area (Å²) in [7, 11) is 3.24. The van der Waals surface area contributed by atoms with E-state index in [1.54, 1.807) is 38.4 Å². The van der Waals surface area contributed by atoms with E-state index in [-0.39, 0.29) is 35.2 Å². The first-order valence-corrected chi connectivity index (χ1v) is 10.9. The van der Waals surface area contributed by atoms with Crippen molar-refractivity contribution < 1.29 is 22.7 Å². The molecule has 2 heterocycles. The van der Waals surface area contributed by atoms with Crippen molar-refractivity contribution in [3.8, 4) is 11.6 Å². The number of ether oxygens (including phenoxy) is 1. The molecule has 0 bridgehead atoms. The minimum Gasteiger partial charge on any atom is -0.439 e. The molecule has 12 heteroatoms. The van der Waals surface area contributed by atoms with Crippen LogP contribution in [0.15, 0.2) is 48.9 Å². The molecule has 0 aliphatic heterocycles. The number of halogens is 5. The van der Waals surface area contributed by atoms with Gasteiger partial charge < -0.3 is 9.64 Å². The third-order valence-electron chi connectivity index (χ3n) is 4.67. The normalized spacial score (nSPS) is 11.3. The van der Waals surface area contributed by atoms with E-state index in [1.807, 2.05) is 0 Å². The Hall–Kier alpha value is -3.11. The fraction of sp³-hybridized carbons (Fsp3) is 0.273. The van der Waals surface area contributed by atoms with Gasteiger partial charge in [-0.2, -0.15) is 13.2 Å². The molecule has 2 amide bonds. The second kappa shape index (κ2) is 10.9. The van der Waals surface area contributed by atoms with Crippen LogP contribution >= 0.6 is 23.2 Å². The molecule has 0 saturated carbocycles. The van der Waals surface area contributed by atoms with Crippen molar-refractivity contribution in [3.63, 3.8) is 0 Å². The third kappa shape index (κ3) is 6.27. The first-order valence-electron chi connectivity index (χ1n) is 9.94. The highest BCUT2D eigenvalue weighted by Gasteiger charge is 2.30. The van der Waals surface area contributed by atoms with Crippen LogP contribution in [0.2, 0.25) is 5.02 Å². The number of aromatic nitrogens is 3. The number of alkyl halides is 4. The predicted molar refractivity (Wildman–Crippen MR) is 122 cm³/mol. The Morgan fingerprint density at radius 2 is 1.76 bits per heavy atom. The van der Waals surface area contributed by atoms with Crippen molar-refractivity contribution in [2.45, 2.75) is 18.5 Å². The Kier molecular flexibility index (Phi) is 8.16. The molecule has 0 atom stereocenters. The van der Waals surface area contributed by atoms with Crippen LogP contribution in [0.3, 0.4) is 0 Å². The highest BCUT2D eigenvalue weighted by Crippen LogP contribution is 2.30. The summed E-state index contributed by atoms with van der Waals surface area (Å²) in [4.78, 5) is 27.5. The van der Waals surface area contributed by atoms with Gasteiger partial charge in [-0.15, -0.1) is 11.6 Å². The Bertz CT molecular complexity index is 1130. The van der Waals surface area contributed by atoms with Gasteiger partial charge in [-0.05, 0) is 30.2 Å². The number of anilines is 1. The van der Waals surface area contributed by atoms with Crippen molar-refractivity contribution in [1.29, 1.82) is 0 Å². The largest absolute Gasteiger partial charge is 0.439 e. The Morgan fingerprint density at radius 3 is 2.32 bits per heavy atom. The monoisotopic (exact) mass is 513 g/mol. The summed E-state index contributed by atoms with van der Waals surface area (Å²) in [5.41, 5.74) is 0.448. The zero-order chi connectivity index (χ0) is 24.9. The number of rotatable bonds is 7. The number of nitrogens with zero attached hydrogens (tertiary/aromatic N) is 5. The maximum absolute atomic E-state index is 12.8. The third-order valence-corrected chi connectivity index (χ3v) is 5.31. The van der Waals surface area contributed by atoms with E-state index in [0.29, 0.717) is 24.1 Å². The van der Waals surface area contributed by atoms with Crippen molar-refractivity contribution in [3.05, 3.63) is 70.8 Å². The van der Waals surface area contributed by atoms with Gasteiger partial charge in [0, 0.05) is 32.9 Å². The van der Waals surface area contributed by atoms with Gasteiger partial charge in [0.15, 0.2) is 5.82 Å². The summed E-state index contributed by atoms with van der Waals surface area (Å²) in [6.07, 6.45) is -1.98. The molecule has 34 heavy (non-hydrogen) atoms. The van der Waals surface area contributed by atoms with Crippen LogP contribution in [-0.2, 0) is 18.5 Å². The average molecular weight is 514 g/mol. The molecule has 0 aliphatic carbocycles. The SMILES string of the molecule is CN(C)C(=O)N(CCc1ccc(Oc2ccc(C(F)(F)F)cn2)cc1)c1ncnc(CCl)c1Cl. The fourth-order valence-corrected chi connectivity index (χ4v) is 3.44. The number of carbonyl (C=O) groups excluding carboxylic acids is 1. The van der Waals surface area contributed by atoms with Crippen molar-refractivity contribution in [2.24, 2.45) is 0 Å². The lowest BCUT2D eigenvalue weighted by atomic mass is 10.1. The fourth-order valence-electron chi connectivity index (χ4n) is 2.90. The van der Waals surface area contributed by atoms with Gasteiger partial charge in [-0.25, -0.2) is 19.7 Å². The molecular weight excluding hydrogens is 494 g/mol. The van der Waals surface area contributed by atoms with Crippen LogP contribution in [0.5, 0.6) is 11.6 Å². The Labute approximate surface area is 204 Å². The summed E-state index contributed by atoms with van der Waals surface area (Å²) < 4.78 is 43.5. The molecule has 3 rings (SSSR count). The second-order valence-corrected chi connectivity index (χ2v) is 7.94. The van der Waals surface area contributed by atoms with Gasteiger partial charge in [0.25, 0.3) is 0 Å². The highest BCUT2D eigenvalue weighted by molar-refractivity contribution is 6.34. The molecule has 1 aromatic carbocycles. The lowest BCUT2D eigenvalue weighted by molar-refractivity contribution is -0.137. The zero-order valence-corrected chi connectivity index (χ0v) is 19.7. The standard InChI is InChI=1S/C22H20Cl2F3N5O2/c1-31(2)21(33)32(20-19(24)17(11-23)29-13-30-20)10-9-14-3-6-16(7-4-14)34-18-8-5-15(12-28-18)22(25,26)27/h3-8,12-13H,9-11H2,1-2H3. The predicted octanol–water partition coefficient (Wildman–Crippen LogP) is 5.81. The second-order valence-electron chi connectivity index (χ2n) is 7.30. The molecule has 0 unspecified atom stereocenters. The number of benzene rings is 1. The molecule has 0 saturated heterocycles. The van der Waals surface area contributed by atoms with Crippen LogP contribution in [0.25, 0.3) is 0 Å². The van der Waals surface area contributed by atoms with Crippen LogP contribution in [0, 0.1) is 0 Å². The number of amides is 2. The van der Waals surface area contributed by atoms with E-state index in [4.69, 9.17) is 27.9 Å². The van der Waals surface area contributed by atoms with Gasteiger partial charge in [-0.1, -0.05) is 23.7 Å². The van der Waals surface area contributed by atoms with Crippen LogP contribution < -0.4 is 9.64 Å². The molecule has 0 radical (unpaired) electrons. The van der Waals surface area contributed by atoms with E-state index < -0.39 is 11.7 Å². The number of hydrogen-bond donors (Lipinski definition) is 0. The minimum atomic E-state index is -4.46. The number of hydrogen-bond acceptors (Lipinski definition) is 5. The van der Waals surface area contributed by atoms with Crippen LogP contribution in [-0.4, -0.2) is 46.5 Å². The first kappa shape index (κ1) is 25.5. The average Bonchev–Trinajstić information content (AvgIpc) is 2.80. The van der Waals surface area contributed by atoms with Gasteiger partial charge in [0.1, 0.15) is 17.1 Å². The lowest BCUT2D eigenvalue weighted by Crippen LogP contribution is -2.41. The molecule has 0 N–H and O–H groups in total. The zero-order valence-electron chi connectivity index (χ0n) is 18.2. The quantitative estimate of drug-likeness (QED) is 0.373. The summed E-state index contributed by atoms with van der Waals surface area (Å²) in [6.45, 7) is 0.274. The smallest absolute Gasteiger partial charge is 0.417 e. The van der Waals surface area contributed by atoms with E-state index in [9.17, 15) is 18.0 Å². The van der Waals surface area contributed by atoms with E-state index >= 15 is 0 Å². The van der Waals surface area contributed by atoms with E-state index in [2.05, 4.69) is 15.0 Å². The molecule has 0 aliphatic rings. The maximum atomic E-state index is 12.8. The van der Waals surface area contributed by atoms with Gasteiger partial charge in [0.2, 0.25) is 5.88 Å². The number of pyridine rings is 1. The first-order chi connectivity index (χ1) is 16.1. The summed E-state index contributed by atoms with van der Waals surface area (Å²) in [5.74, 6) is 0.785. The van der Waals surface area contributed by atoms with Gasteiger partial charge >= 0.3 is 12.2 Å². The highest BCUT2D eigenvalue weighted by atomic mass is 35.5. The number of carbonyl (C=O) groups is 1. The van der Waals surface area contributed by atoms with Crippen LogP contribution in [0.4, 0.5) is 23.8 Å². The van der Waals surface area contributed by atoms with E-state index in [1.165, 1.54) is 16.1 Å². The van der Waals surface area contributed by atoms with Crippen molar-refractivity contribution >= 4 is 35.1 Å². The molecular formula is C22H20Cl2F3N5O2. The summed E-state index contributed by atoms with van der Waals surface area (Å²) in [5, 5.41) is 0.209. The summed E-state index contributed by atoms with van der Waals surface area (Å²) in [6, 6.07) is 8.64. The van der Waals surface area contributed by atoms with Crippen molar-refractivity contribution in [1.82, 2.24) is 19.9 Å². The molecule has 0 fully saturated rings. The molecule has 0 spiro atoms. The topological polar surface area (TPSA) is 71.5 Å². The van der Waals surface area contributed by atoms with Gasteiger partial charge in [-0.3, -0.25) is 4.90 Å². The Morgan fingerprint density at radius 1 is 1.06 bits per heavy atom. The lowest BCUT2D eigenvalue weighted by Gasteiger charge is -2.26. The van der Waals surface area contributed by atoms with Crippen LogP contribution in [0.1, 0.15) is 16.8 Å². The molecule has 3 aromatic rings. The molecule has 7 nitrogen and oxygen atoms in total. The van der Waals surface area contributed by atoms with Gasteiger partial charge in [0.05, 0.1) is 17.1 Å². The van der Waals surface area contributed by atoms with E-state index in [0.717, 1.165) is 17.7 Å². The minimum absolute atomic E-state index is 0.0389. The number of urea groups is 1. The molecule has 180 valence electrons. The molecule has 2 aromatic heterocycles. The maximum Gasteiger partial charge on any atom is 0.417 e.